The number of aliphatic hydroxyl groups is 1. The van der Waals surface area contributed by atoms with E-state index in [4.69, 9.17) is 9.47 Å². The molecule has 4 aliphatic rings. The van der Waals surface area contributed by atoms with Crippen molar-refractivity contribution in [2.24, 2.45) is 11.8 Å². The molecule has 2 saturated heterocycles. The summed E-state index contributed by atoms with van der Waals surface area (Å²) in [6.07, 6.45) is 8.51. The van der Waals surface area contributed by atoms with Gasteiger partial charge in [0.05, 0.1) is 36.7 Å². The van der Waals surface area contributed by atoms with E-state index in [1.807, 2.05) is 101 Å². The van der Waals surface area contributed by atoms with E-state index < -0.39 is 35.1 Å². The summed E-state index contributed by atoms with van der Waals surface area (Å²) in [7, 11) is 0. The number of benzene rings is 2. The smallest absolute Gasteiger partial charge is 0.253 e. The van der Waals surface area contributed by atoms with E-state index in [1.165, 1.54) is 4.90 Å². The third kappa shape index (κ3) is 4.62. The lowest BCUT2D eigenvalue weighted by Crippen LogP contribution is -2.59. The molecule has 4 aliphatic heterocycles. The maximum absolute atomic E-state index is 14.9. The highest BCUT2D eigenvalue weighted by atomic mass is 16.5. The third-order valence-corrected chi connectivity index (χ3v) is 10.1. The largest absolute Gasteiger partial charge is 0.494 e. The lowest BCUT2D eigenvalue weighted by molar-refractivity contribution is -0.149. The van der Waals surface area contributed by atoms with Gasteiger partial charge in [-0.15, -0.1) is 0 Å². The highest BCUT2D eigenvalue weighted by Crippen LogP contribution is 2.59. The molecule has 6 rings (SSSR count). The van der Waals surface area contributed by atoms with Gasteiger partial charge in [-0.2, -0.15) is 0 Å². The summed E-state index contributed by atoms with van der Waals surface area (Å²) >= 11 is 0. The molecule has 0 radical (unpaired) electrons. The van der Waals surface area contributed by atoms with E-state index in [0.29, 0.717) is 44.0 Å². The Morgan fingerprint density at radius 2 is 1.56 bits per heavy atom. The highest BCUT2D eigenvalue weighted by Gasteiger charge is 2.76. The molecule has 238 valence electrons. The first-order chi connectivity index (χ1) is 21.7. The van der Waals surface area contributed by atoms with Crippen LogP contribution in [0.5, 0.6) is 5.75 Å². The Bertz CT molecular complexity index is 1530. The number of rotatable bonds is 8. The Balaban J connectivity index is 1.49. The summed E-state index contributed by atoms with van der Waals surface area (Å²) in [6, 6.07) is 11.6. The molecule has 2 aromatic rings. The van der Waals surface area contributed by atoms with Crippen LogP contribution in [0.4, 0.5) is 11.4 Å². The Morgan fingerprint density at radius 3 is 2.18 bits per heavy atom. The predicted molar refractivity (Wildman–Crippen MR) is 172 cm³/mol. The van der Waals surface area contributed by atoms with Crippen LogP contribution >= 0.6 is 0 Å². The molecular formula is C36H43N3O6. The van der Waals surface area contributed by atoms with E-state index in [1.54, 1.807) is 9.80 Å². The van der Waals surface area contributed by atoms with Gasteiger partial charge in [0.25, 0.3) is 5.91 Å². The molecule has 1 unspecified atom stereocenters. The summed E-state index contributed by atoms with van der Waals surface area (Å²) < 4.78 is 12.7. The average molecular weight is 614 g/mol. The van der Waals surface area contributed by atoms with Crippen LogP contribution in [0.15, 0.2) is 66.8 Å². The number of ether oxygens (including phenoxy) is 2. The van der Waals surface area contributed by atoms with E-state index >= 15 is 0 Å². The van der Waals surface area contributed by atoms with E-state index in [9.17, 15) is 19.5 Å². The third-order valence-electron chi connectivity index (χ3n) is 10.1. The van der Waals surface area contributed by atoms with Gasteiger partial charge in [-0.1, -0.05) is 56.4 Å². The standard InChI is InChI=1S/C36H43N3O6/c1-6-25(22-40)39-31-34(43)38(30-23(4)12-9-13-24(30)5)21-11-19-36(31)29(33(39)42)28-32(41)37(20-10-18-35(28,7-2)45-36)26-14-16-27(17-15-26)44-8-3/h9-19,25,28-29,31,40H,6-8,20-22H2,1-5H3/t25-,28+,29-,31?,35-,36-/m0/s1. The molecule has 2 fully saturated rings. The number of carbonyl (C=O) groups is 3. The molecule has 4 heterocycles. The number of hydrogen-bond acceptors (Lipinski definition) is 6. The minimum absolute atomic E-state index is 0.226. The summed E-state index contributed by atoms with van der Waals surface area (Å²) in [5.74, 6) is -1.97. The number of amides is 3. The minimum atomic E-state index is -1.40. The second kappa shape index (κ2) is 11.8. The van der Waals surface area contributed by atoms with Gasteiger partial charge in [0.15, 0.2) is 0 Å². The summed E-state index contributed by atoms with van der Waals surface area (Å²) in [6.45, 7) is 10.5. The van der Waals surface area contributed by atoms with Crippen LogP contribution in [0, 0.1) is 25.7 Å². The van der Waals surface area contributed by atoms with E-state index in [-0.39, 0.29) is 24.3 Å². The lowest BCUT2D eigenvalue weighted by Gasteiger charge is -2.41. The minimum Gasteiger partial charge on any atom is -0.494 e. The van der Waals surface area contributed by atoms with Crippen molar-refractivity contribution in [2.45, 2.75) is 70.7 Å². The van der Waals surface area contributed by atoms with Crippen LogP contribution in [0.1, 0.15) is 44.7 Å². The van der Waals surface area contributed by atoms with Gasteiger partial charge in [-0.25, -0.2) is 0 Å². The first-order valence-electron chi connectivity index (χ1n) is 16.1. The average Bonchev–Trinajstić information content (AvgIpc) is 3.32. The first-order valence-corrected chi connectivity index (χ1v) is 16.1. The van der Waals surface area contributed by atoms with Crippen molar-refractivity contribution in [3.05, 3.63) is 77.9 Å². The number of hydrogen-bond donors (Lipinski definition) is 1. The number of likely N-dealkylation sites (tertiary alicyclic amines) is 1. The molecule has 6 atom stereocenters. The number of carbonyl (C=O) groups excluding carboxylic acids is 3. The van der Waals surface area contributed by atoms with Gasteiger partial charge in [-0.05, 0) is 69.0 Å². The molecule has 0 aliphatic carbocycles. The van der Waals surface area contributed by atoms with Crippen molar-refractivity contribution < 1.29 is 29.0 Å². The zero-order valence-corrected chi connectivity index (χ0v) is 26.7. The topological polar surface area (TPSA) is 99.6 Å². The molecule has 9 nitrogen and oxygen atoms in total. The zero-order valence-electron chi connectivity index (χ0n) is 26.7. The molecule has 3 amide bonds. The Morgan fingerprint density at radius 1 is 0.889 bits per heavy atom. The fraction of sp³-hybridized carbons (Fsp3) is 0.472. The molecule has 0 aromatic heterocycles. The molecule has 0 bridgehead atoms. The van der Waals surface area contributed by atoms with Gasteiger partial charge in [0, 0.05) is 24.5 Å². The maximum Gasteiger partial charge on any atom is 0.253 e. The molecule has 0 saturated carbocycles. The van der Waals surface area contributed by atoms with Crippen LogP contribution in [0.25, 0.3) is 0 Å². The van der Waals surface area contributed by atoms with Crippen LogP contribution in [0.2, 0.25) is 0 Å². The van der Waals surface area contributed by atoms with Crippen molar-refractivity contribution in [1.29, 1.82) is 0 Å². The monoisotopic (exact) mass is 613 g/mol. The number of fused-ring (bicyclic) bond motifs is 2. The normalized spacial score (nSPS) is 29.8. The van der Waals surface area contributed by atoms with Gasteiger partial charge >= 0.3 is 0 Å². The fourth-order valence-corrected chi connectivity index (χ4v) is 8.06. The summed E-state index contributed by atoms with van der Waals surface area (Å²) in [5.41, 5.74) is 0.885. The first kappa shape index (κ1) is 31.0. The quantitative estimate of drug-likeness (QED) is 0.445. The second-order valence-electron chi connectivity index (χ2n) is 12.5. The zero-order chi connectivity index (χ0) is 32.1. The fourth-order valence-electron chi connectivity index (χ4n) is 8.06. The highest BCUT2D eigenvalue weighted by molar-refractivity contribution is 6.08. The Hall–Kier alpha value is -3.95. The number of aliphatic hydroxyl groups excluding tert-OH is 1. The lowest BCUT2D eigenvalue weighted by atomic mass is 9.73. The second-order valence-corrected chi connectivity index (χ2v) is 12.5. The van der Waals surface area contributed by atoms with Crippen molar-refractivity contribution in [2.75, 3.05) is 36.1 Å². The Kier molecular flexibility index (Phi) is 8.12. The molecule has 45 heavy (non-hydrogen) atoms. The molecule has 9 heteroatoms. The van der Waals surface area contributed by atoms with Gasteiger partial charge < -0.3 is 29.3 Å². The van der Waals surface area contributed by atoms with Crippen LogP contribution in [-0.2, 0) is 19.1 Å². The predicted octanol–water partition coefficient (Wildman–Crippen LogP) is 4.34. The number of anilines is 2. The number of para-hydroxylation sites is 1. The number of nitrogens with zero attached hydrogens (tertiary/aromatic N) is 3. The van der Waals surface area contributed by atoms with Crippen molar-refractivity contribution in [3.8, 4) is 5.75 Å². The van der Waals surface area contributed by atoms with Gasteiger partial charge in [0.2, 0.25) is 11.8 Å². The van der Waals surface area contributed by atoms with E-state index in [0.717, 1.165) is 16.8 Å². The van der Waals surface area contributed by atoms with Crippen LogP contribution < -0.4 is 14.5 Å². The molecule has 2 aromatic carbocycles. The van der Waals surface area contributed by atoms with E-state index in [2.05, 4.69) is 0 Å². The van der Waals surface area contributed by atoms with Gasteiger partial charge in [0.1, 0.15) is 17.4 Å². The van der Waals surface area contributed by atoms with Crippen molar-refractivity contribution in [3.63, 3.8) is 0 Å². The van der Waals surface area contributed by atoms with Crippen molar-refractivity contribution in [1.82, 2.24) is 4.90 Å². The van der Waals surface area contributed by atoms with Crippen LogP contribution in [0.3, 0.4) is 0 Å². The summed E-state index contributed by atoms with van der Waals surface area (Å²) in [5, 5.41) is 10.5. The molecule has 1 N–H and O–H groups in total. The van der Waals surface area contributed by atoms with Crippen molar-refractivity contribution >= 4 is 29.1 Å². The van der Waals surface area contributed by atoms with Gasteiger partial charge in [-0.3, -0.25) is 14.4 Å². The number of aryl methyl sites for hydroxylation is 2. The molecule has 1 spiro atoms. The Labute approximate surface area is 265 Å². The molecular weight excluding hydrogens is 570 g/mol. The maximum atomic E-state index is 14.9. The summed E-state index contributed by atoms with van der Waals surface area (Å²) in [4.78, 5) is 49.4. The SMILES string of the molecule is CCOc1ccc(N2CC=C[C@]3(CC)O[C@]45C=CCN(c6c(C)cccc6C)C(=O)C4N([C@@H](CC)CO)C(=O)[C@@H]5[C@@H]3C2=O)cc1. The van der Waals surface area contributed by atoms with Crippen LogP contribution in [-0.4, -0.2) is 77.3 Å².